The van der Waals surface area contributed by atoms with Gasteiger partial charge in [0.15, 0.2) is 5.69 Å². The Morgan fingerprint density at radius 3 is 2.70 bits per heavy atom. The highest BCUT2D eigenvalue weighted by atomic mass is 16.4. The molecule has 1 atom stereocenters. The van der Waals surface area contributed by atoms with Crippen LogP contribution in [0.1, 0.15) is 40.7 Å². The predicted octanol–water partition coefficient (Wildman–Crippen LogP) is 3.00. The molecule has 1 aliphatic rings. The number of aromatic nitrogens is 2. The van der Waals surface area contributed by atoms with Crippen LogP contribution in [0.5, 0.6) is 0 Å². The number of fused-ring (bicyclic) bond motifs is 1. The first-order valence-electron chi connectivity index (χ1n) is 6.97. The van der Waals surface area contributed by atoms with E-state index in [9.17, 15) is 9.90 Å². The molecular weight excluding hydrogens is 252 g/mol. The molecule has 4 nitrogen and oxygen atoms in total. The molecule has 1 aromatic heterocycles. The Bertz CT molecular complexity index is 656. The minimum Gasteiger partial charge on any atom is -0.476 e. The average molecular weight is 270 g/mol. The number of hydrogen-bond acceptors (Lipinski definition) is 2. The van der Waals surface area contributed by atoms with Crippen molar-refractivity contribution < 1.29 is 9.90 Å². The summed E-state index contributed by atoms with van der Waals surface area (Å²) >= 11 is 0. The van der Waals surface area contributed by atoms with Gasteiger partial charge in [-0.15, -0.1) is 0 Å². The van der Waals surface area contributed by atoms with Gasteiger partial charge < -0.3 is 5.11 Å². The van der Waals surface area contributed by atoms with Crippen molar-refractivity contribution in [2.75, 3.05) is 0 Å². The lowest BCUT2D eigenvalue weighted by atomic mass is 9.87. The van der Waals surface area contributed by atoms with Gasteiger partial charge in [-0.1, -0.05) is 24.6 Å². The first kappa shape index (κ1) is 12.9. The molecule has 0 radical (unpaired) electrons. The highest BCUT2D eigenvalue weighted by molar-refractivity contribution is 5.87. The SMILES string of the molecule is Cc1ccc(-n2nc(C(=O)O)c3c2CCC(C)C3)cc1. The Morgan fingerprint density at radius 1 is 1.35 bits per heavy atom. The van der Waals surface area contributed by atoms with Crippen molar-refractivity contribution in [2.45, 2.75) is 33.1 Å². The van der Waals surface area contributed by atoms with Crippen molar-refractivity contribution in [3.05, 3.63) is 46.8 Å². The van der Waals surface area contributed by atoms with Crippen LogP contribution in [0.3, 0.4) is 0 Å². The summed E-state index contributed by atoms with van der Waals surface area (Å²) in [6, 6.07) is 8.03. The summed E-state index contributed by atoms with van der Waals surface area (Å²) in [5.74, 6) is -0.405. The van der Waals surface area contributed by atoms with E-state index in [4.69, 9.17) is 0 Å². The summed E-state index contributed by atoms with van der Waals surface area (Å²) in [5.41, 5.74) is 4.31. The minimum atomic E-state index is -0.929. The molecule has 0 spiro atoms. The zero-order valence-corrected chi connectivity index (χ0v) is 11.8. The van der Waals surface area contributed by atoms with Gasteiger partial charge in [-0.05, 0) is 44.2 Å². The molecule has 3 rings (SSSR count). The van der Waals surface area contributed by atoms with E-state index in [2.05, 4.69) is 12.0 Å². The number of aromatic carboxylic acids is 1. The van der Waals surface area contributed by atoms with Crippen LogP contribution in [-0.2, 0) is 12.8 Å². The Balaban J connectivity index is 2.14. The fourth-order valence-corrected chi connectivity index (χ4v) is 2.86. The van der Waals surface area contributed by atoms with Gasteiger partial charge in [-0.25, -0.2) is 9.48 Å². The molecule has 1 aromatic carbocycles. The second-order valence-corrected chi connectivity index (χ2v) is 5.67. The zero-order valence-electron chi connectivity index (χ0n) is 11.8. The Kier molecular flexibility index (Phi) is 3.08. The van der Waals surface area contributed by atoms with Crippen LogP contribution >= 0.6 is 0 Å². The lowest BCUT2D eigenvalue weighted by Gasteiger charge is -2.19. The normalized spacial score (nSPS) is 17.8. The quantitative estimate of drug-likeness (QED) is 0.912. The van der Waals surface area contributed by atoms with Crippen LogP contribution in [0.25, 0.3) is 5.69 Å². The molecule has 0 amide bonds. The molecule has 20 heavy (non-hydrogen) atoms. The monoisotopic (exact) mass is 270 g/mol. The first-order chi connectivity index (χ1) is 9.56. The van der Waals surface area contributed by atoms with Crippen LogP contribution in [0, 0.1) is 12.8 Å². The number of rotatable bonds is 2. The molecular formula is C16H18N2O2. The molecule has 1 N–H and O–H groups in total. The van der Waals surface area contributed by atoms with E-state index < -0.39 is 5.97 Å². The first-order valence-corrected chi connectivity index (χ1v) is 6.97. The van der Waals surface area contributed by atoms with Crippen molar-refractivity contribution in [1.29, 1.82) is 0 Å². The van der Waals surface area contributed by atoms with Gasteiger partial charge in [0.1, 0.15) is 0 Å². The summed E-state index contributed by atoms with van der Waals surface area (Å²) in [6.07, 6.45) is 2.79. The fraction of sp³-hybridized carbons (Fsp3) is 0.375. The lowest BCUT2D eigenvalue weighted by Crippen LogP contribution is -2.14. The smallest absolute Gasteiger partial charge is 0.356 e. The van der Waals surface area contributed by atoms with Gasteiger partial charge in [-0.2, -0.15) is 5.10 Å². The Morgan fingerprint density at radius 2 is 2.05 bits per heavy atom. The van der Waals surface area contributed by atoms with Crippen molar-refractivity contribution in [3.8, 4) is 5.69 Å². The number of aryl methyl sites for hydroxylation is 1. The standard InChI is InChI=1S/C16H18N2O2/c1-10-3-6-12(7-4-10)18-14-8-5-11(2)9-13(14)15(17-18)16(19)20/h3-4,6-7,11H,5,8-9H2,1-2H3,(H,19,20). The molecule has 2 aromatic rings. The average Bonchev–Trinajstić information content (AvgIpc) is 2.78. The van der Waals surface area contributed by atoms with Crippen LogP contribution in [-0.4, -0.2) is 20.9 Å². The molecule has 0 aliphatic heterocycles. The highest BCUT2D eigenvalue weighted by Gasteiger charge is 2.27. The van der Waals surface area contributed by atoms with Gasteiger partial charge in [0, 0.05) is 11.3 Å². The summed E-state index contributed by atoms with van der Waals surface area (Å²) in [4.78, 5) is 11.4. The maximum Gasteiger partial charge on any atom is 0.356 e. The maximum atomic E-state index is 11.4. The number of carboxylic acids is 1. The van der Waals surface area contributed by atoms with E-state index in [0.717, 1.165) is 36.2 Å². The summed E-state index contributed by atoms with van der Waals surface area (Å²) in [7, 11) is 0. The zero-order chi connectivity index (χ0) is 14.3. The van der Waals surface area contributed by atoms with Gasteiger partial charge >= 0.3 is 5.97 Å². The van der Waals surface area contributed by atoms with E-state index >= 15 is 0 Å². The Labute approximate surface area is 118 Å². The molecule has 1 aliphatic carbocycles. The third-order valence-corrected chi connectivity index (χ3v) is 4.00. The maximum absolute atomic E-state index is 11.4. The van der Waals surface area contributed by atoms with Crippen molar-refractivity contribution >= 4 is 5.97 Å². The Hall–Kier alpha value is -2.10. The van der Waals surface area contributed by atoms with E-state index in [1.54, 1.807) is 0 Å². The number of hydrogen-bond donors (Lipinski definition) is 1. The summed E-state index contributed by atoms with van der Waals surface area (Å²) < 4.78 is 1.81. The second kappa shape index (κ2) is 4.78. The number of carbonyl (C=O) groups is 1. The topological polar surface area (TPSA) is 55.1 Å². The van der Waals surface area contributed by atoms with Crippen molar-refractivity contribution in [3.63, 3.8) is 0 Å². The second-order valence-electron chi connectivity index (χ2n) is 5.67. The lowest BCUT2D eigenvalue weighted by molar-refractivity contribution is 0.0688. The van der Waals surface area contributed by atoms with Crippen molar-refractivity contribution in [1.82, 2.24) is 9.78 Å². The molecule has 0 saturated heterocycles. The van der Waals surface area contributed by atoms with E-state index in [0.29, 0.717) is 5.92 Å². The van der Waals surface area contributed by atoms with Crippen LogP contribution in [0.4, 0.5) is 0 Å². The largest absolute Gasteiger partial charge is 0.476 e. The molecule has 1 heterocycles. The minimum absolute atomic E-state index is 0.215. The summed E-state index contributed by atoms with van der Waals surface area (Å²) in [5, 5.41) is 13.7. The summed E-state index contributed by atoms with van der Waals surface area (Å²) in [6.45, 7) is 4.20. The third kappa shape index (κ3) is 2.11. The van der Waals surface area contributed by atoms with Crippen LogP contribution in [0.2, 0.25) is 0 Å². The molecule has 1 unspecified atom stereocenters. The highest BCUT2D eigenvalue weighted by Crippen LogP contribution is 2.29. The van der Waals surface area contributed by atoms with Crippen LogP contribution in [0.15, 0.2) is 24.3 Å². The molecule has 0 fully saturated rings. The predicted molar refractivity (Wildman–Crippen MR) is 76.4 cm³/mol. The molecule has 4 heteroatoms. The van der Waals surface area contributed by atoms with Gasteiger partial charge in [0.25, 0.3) is 0 Å². The van der Waals surface area contributed by atoms with Gasteiger partial charge in [0.05, 0.1) is 5.69 Å². The van der Waals surface area contributed by atoms with Crippen molar-refractivity contribution in [2.24, 2.45) is 5.92 Å². The van der Waals surface area contributed by atoms with Gasteiger partial charge in [-0.3, -0.25) is 0 Å². The molecule has 104 valence electrons. The molecule has 0 bridgehead atoms. The van der Waals surface area contributed by atoms with Crippen LogP contribution < -0.4 is 0 Å². The molecule has 0 saturated carbocycles. The number of nitrogens with zero attached hydrogens (tertiary/aromatic N) is 2. The number of carboxylic acid groups (broad SMARTS) is 1. The fourth-order valence-electron chi connectivity index (χ4n) is 2.86. The van der Waals surface area contributed by atoms with E-state index in [1.807, 2.05) is 35.9 Å². The number of benzene rings is 1. The van der Waals surface area contributed by atoms with E-state index in [1.165, 1.54) is 5.56 Å². The van der Waals surface area contributed by atoms with Gasteiger partial charge in [0.2, 0.25) is 0 Å². The third-order valence-electron chi connectivity index (χ3n) is 4.00. The van der Waals surface area contributed by atoms with E-state index in [-0.39, 0.29) is 5.69 Å².